The van der Waals surface area contributed by atoms with Crippen LogP contribution in [0.4, 0.5) is 0 Å². The van der Waals surface area contributed by atoms with Crippen LogP contribution in [0.1, 0.15) is 56.2 Å². The van der Waals surface area contributed by atoms with Gasteiger partial charge in [-0.05, 0) is 25.7 Å². The summed E-state index contributed by atoms with van der Waals surface area (Å²) < 4.78 is 5.94. The summed E-state index contributed by atoms with van der Waals surface area (Å²) in [5.41, 5.74) is 1.17. The lowest BCUT2D eigenvalue weighted by atomic mass is 9.98. The largest absolute Gasteiger partial charge is 0.378 e. The standard InChI is InChI=1S/C18H32N4OS/c1-3-17-22-15(14-24-17)10-12-21-18(19-2)20-11-7-13-23-16-8-5-4-6-9-16/h14,16H,3-13H2,1-2H3,(H2,19,20,21). The van der Waals surface area contributed by atoms with Gasteiger partial charge in [0.15, 0.2) is 5.96 Å². The molecule has 0 saturated heterocycles. The Kier molecular flexibility index (Phi) is 9.13. The Bertz CT molecular complexity index is 483. The molecule has 0 spiro atoms. The summed E-state index contributed by atoms with van der Waals surface area (Å²) in [5, 5.41) is 10.1. The van der Waals surface area contributed by atoms with Gasteiger partial charge in [0.05, 0.1) is 16.8 Å². The van der Waals surface area contributed by atoms with Gasteiger partial charge in [-0.3, -0.25) is 4.99 Å². The molecule has 24 heavy (non-hydrogen) atoms. The van der Waals surface area contributed by atoms with Gasteiger partial charge in [-0.2, -0.15) is 0 Å². The van der Waals surface area contributed by atoms with Gasteiger partial charge >= 0.3 is 0 Å². The Hall–Kier alpha value is -1.14. The lowest BCUT2D eigenvalue weighted by molar-refractivity contribution is 0.0277. The molecule has 0 aromatic carbocycles. The number of thiazole rings is 1. The number of rotatable bonds is 9. The molecular weight excluding hydrogens is 320 g/mol. The normalized spacial score (nSPS) is 16.3. The van der Waals surface area contributed by atoms with Crippen LogP contribution in [0.3, 0.4) is 0 Å². The molecule has 1 aromatic rings. The fourth-order valence-electron chi connectivity index (χ4n) is 2.92. The summed E-state index contributed by atoms with van der Waals surface area (Å²) in [7, 11) is 1.81. The van der Waals surface area contributed by atoms with E-state index in [1.54, 1.807) is 11.3 Å². The zero-order chi connectivity index (χ0) is 17.0. The van der Waals surface area contributed by atoms with E-state index in [-0.39, 0.29) is 0 Å². The van der Waals surface area contributed by atoms with Crippen molar-refractivity contribution in [1.29, 1.82) is 0 Å². The number of aromatic nitrogens is 1. The fraction of sp³-hybridized carbons (Fsp3) is 0.778. The van der Waals surface area contributed by atoms with Gasteiger partial charge in [-0.1, -0.05) is 26.2 Å². The number of nitrogens with zero attached hydrogens (tertiary/aromatic N) is 2. The van der Waals surface area contributed by atoms with Crippen LogP contribution < -0.4 is 10.6 Å². The molecule has 1 aliphatic carbocycles. The number of ether oxygens (including phenoxy) is 1. The third-order valence-electron chi connectivity index (χ3n) is 4.32. The first kappa shape index (κ1) is 19.2. The predicted molar refractivity (Wildman–Crippen MR) is 102 cm³/mol. The molecule has 0 aliphatic heterocycles. The second kappa shape index (κ2) is 11.4. The van der Waals surface area contributed by atoms with Crippen molar-refractivity contribution in [2.24, 2.45) is 4.99 Å². The highest BCUT2D eigenvalue weighted by Gasteiger charge is 2.12. The number of aryl methyl sites for hydroxylation is 1. The van der Waals surface area contributed by atoms with Crippen LogP contribution in [0.25, 0.3) is 0 Å². The third kappa shape index (κ3) is 7.18. The highest BCUT2D eigenvalue weighted by Crippen LogP contribution is 2.20. The molecule has 0 bridgehead atoms. The van der Waals surface area contributed by atoms with Crippen LogP contribution in [0.5, 0.6) is 0 Å². The predicted octanol–water partition coefficient (Wildman–Crippen LogP) is 3.15. The monoisotopic (exact) mass is 352 g/mol. The molecule has 6 heteroatoms. The zero-order valence-electron chi connectivity index (χ0n) is 15.1. The fourth-order valence-corrected chi connectivity index (χ4v) is 3.70. The lowest BCUT2D eigenvalue weighted by Crippen LogP contribution is -2.39. The Labute approximate surface area is 150 Å². The number of aliphatic imine (C=N–C) groups is 1. The maximum Gasteiger partial charge on any atom is 0.190 e. The summed E-state index contributed by atoms with van der Waals surface area (Å²) in [6.45, 7) is 4.73. The molecule has 0 radical (unpaired) electrons. The van der Waals surface area contributed by atoms with E-state index in [9.17, 15) is 0 Å². The van der Waals surface area contributed by atoms with Crippen LogP contribution >= 0.6 is 11.3 Å². The lowest BCUT2D eigenvalue weighted by Gasteiger charge is -2.22. The van der Waals surface area contributed by atoms with Crippen molar-refractivity contribution in [2.45, 2.75) is 64.4 Å². The smallest absolute Gasteiger partial charge is 0.190 e. The Morgan fingerprint density at radius 2 is 2.08 bits per heavy atom. The molecule has 0 amide bonds. The summed E-state index contributed by atoms with van der Waals surface area (Å²) in [4.78, 5) is 8.85. The van der Waals surface area contributed by atoms with Crippen molar-refractivity contribution in [3.8, 4) is 0 Å². The van der Waals surface area contributed by atoms with E-state index in [0.29, 0.717) is 6.10 Å². The Balaban J connectivity index is 1.52. The van der Waals surface area contributed by atoms with Crippen molar-refractivity contribution >= 4 is 17.3 Å². The van der Waals surface area contributed by atoms with E-state index in [1.807, 2.05) is 7.05 Å². The van der Waals surface area contributed by atoms with Crippen molar-refractivity contribution < 1.29 is 4.74 Å². The van der Waals surface area contributed by atoms with Gasteiger partial charge < -0.3 is 15.4 Å². The molecule has 1 heterocycles. The van der Waals surface area contributed by atoms with Crippen LogP contribution in [0.15, 0.2) is 10.4 Å². The topological polar surface area (TPSA) is 58.5 Å². The molecule has 1 aromatic heterocycles. The van der Waals surface area contributed by atoms with Gasteiger partial charge in [0.25, 0.3) is 0 Å². The highest BCUT2D eigenvalue weighted by molar-refractivity contribution is 7.09. The van der Waals surface area contributed by atoms with E-state index < -0.39 is 0 Å². The van der Waals surface area contributed by atoms with Gasteiger partial charge in [-0.15, -0.1) is 11.3 Å². The second-order valence-electron chi connectivity index (χ2n) is 6.25. The second-order valence-corrected chi connectivity index (χ2v) is 7.19. The minimum absolute atomic E-state index is 0.502. The van der Waals surface area contributed by atoms with E-state index in [2.05, 4.69) is 32.9 Å². The van der Waals surface area contributed by atoms with E-state index in [1.165, 1.54) is 42.8 Å². The molecule has 2 rings (SSSR count). The minimum Gasteiger partial charge on any atom is -0.378 e. The van der Waals surface area contributed by atoms with E-state index >= 15 is 0 Å². The number of hydrogen-bond acceptors (Lipinski definition) is 4. The van der Waals surface area contributed by atoms with Crippen molar-refractivity contribution in [2.75, 3.05) is 26.7 Å². The number of nitrogens with one attached hydrogen (secondary N) is 2. The first-order chi connectivity index (χ1) is 11.8. The quantitative estimate of drug-likeness (QED) is 0.407. The van der Waals surface area contributed by atoms with E-state index in [4.69, 9.17) is 4.74 Å². The van der Waals surface area contributed by atoms with Crippen LogP contribution in [0.2, 0.25) is 0 Å². The molecular formula is C18H32N4OS. The van der Waals surface area contributed by atoms with Gasteiger partial charge in [0.2, 0.25) is 0 Å². The molecule has 5 nitrogen and oxygen atoms in total. The molecule has 1 saturated carbocycles. The average molecular weight is 353 g/mol. The molecule has 2 N–H and O–H groups in total. The summed E-state index contributed by atoms with van der Waals surface area (Å²) in [5.74, 6) is 0.860. The summed E-state index contributed by atoms with van der Waals surface area (Å²) >= 11 is 1.75. The van der Waals surface area contributed by atoms with Gasteiger partial charge in [0, 0.05) is 38.5 Å². The zero-order valence-corrected chi connectivity index (χ0v) is 16.0. The molecule has 0 unspecified atom stereocenters. The third-order valence-corrected chi connectivity index (χ3v) is 5.36. The maximum atomic E-state index is 5.94. The van der Waals surface area contributed by atoms with Crippen LogP contribution in [-0.2, 0) is 17.6 Å². The molecule has 1 fully saturated rings. The highest BCUT2D eigenvalue weighted by atomic mass is 32.1. The summed E-state index contributed by atoms with van der Waals surface area (Å²) in [6, 6.07) is 0. The number of hydrogen-bond donors (Lipinski definition) is 2. The van der Waals surface area contributed by atoms with Crippen LogP contribution in [-0.4, -0.2) is 43.8 Å². The Morgan fingerprint density at radius 1 is 1.29 bits per heavy atom. The Morgan fingerprint density at radius 3 is 2.79 bits per heavy atom. The van der Waals surface area contributed by atoms with Gasteiger partial charge in [-0.25, -0.2) is 4.98 Å². The molecule has 1 aliphatic rings. The van der Waals surface area contributed by atoms with Crippen molar-refractivity contribution in [3.05, 3.63) is 16.1 Å². The first-order valence-electron chi connectivity index (χ1n) is 9.31. The maximum absolute atomic E-state index is 5.94. The SMILES string of the molecule is CCc1nc(CCNC(=NC)NCCCOC2CCCCC2)cs1. The van der Waals surface area contributed by atoms with Crippen molar-refractivity contribution in [3.63, 3.8) is 0 Å². The average Bonchev–Trinajstić information content (AvgIpc) is 3.09. The van der Waals surface area contributed by atoms with Gasteiger partial charge in [0.1, 0.15) is 0 Å². The minimum atomic E-state index is 0.502. The summed E-state index contributed by atoms with van der Waals surface area (Å²) in [6.07, 6.45) is 10.00. The molecule has 0 atom stereocenters. The first-order valence-corrected chi connectivity index (χ1v) is 10.2. The molecule has 136 valence electrons. The van der Waals surface area contributed by atoms with Crippen LogP contribution in [0, 0.1) is 0 Å². The number of guanidine groups is 1. The van der Waals surface area contributed by atoms with Crippen molar-refractivity contribution in [1.82, 2.24) is 15.6 Å². The van der Waals surface area contributed by atoms with E-state index in [0.717, 1.165) is 44.9 Å².